The van der Waals surface area contributed by atoms with Gasteiger partial charge in [-0.05, 0) is 133 Å². The SMILES string of the molecule is Cc1ccc(C(=Cc2ccc(N(c3ccc(C)cc3)c3ccc(C=C(c4ccc(C)cc4)c4ccc(F)cc4)cc3)cc2)c2ccc(C)cc2)cc1. The van der Waals surface area contributed by atoms with Gasteiger partial charge in [0.05, 0.1) is 0 Å². The molecule has 7 rings (SSSR count). The van der Waals surface area contributed by atoms with E-state index < -0.39 is 0 Å². The van der Waals surface area contributed by atoms with Crippen molar-refractivity contribution in [2.24, 2.45) is 0 Å². The highest BCUT2D eigenvalue weighted by Crippen LogP contribution is 2.36. The van der Waals surface area contributed by atoms with Crippen molar-refractivity contribution in [3.05, 3.63) is 231 Å². The minimum Gasteiger partial charge on any atom is -0.311 e. The molecular weight excluding hydrogens is 634 g/mol. The van der Waals surface area contributed by atoms with E-state index in [-0.39, 0.29) is 5.82 Å². The molecule has 0 aliphatic rings. The summed E-state index contributed by atoms with van der Waals surface area (Å²) in [6.07, 6.45) is 4.46. The van der Waals surface area contributed by atoms with Crippen molar-refractivity contribution in [2.75, 3.05) is 4.90 Å². The van der Waals surface area contributed by atoms with Gasteiger partial charge in [0.1, 0.15) is 5.82 Å². The van der Waals surface area contributed by atoms with Crippen LogP contribution in [-0.2, 0) is 0 Å². The lowest BCUT2D eigenvalue weighted by Crippen LogP contribution is -2.09. The number of rotatable bonds is 9. The molecule has 0 spiro atoms. The zero-order chi connectivity index (χ0) is 36.0. The Balaban J connectivity index is 1.25. The van der Waals surface area contributed by atoms with E-state index in [9.17, 15) is 4.39 Å². The van der Waals surface area contributed by atoms with Crippen LogP contribution in [-0.4, -0.2) is 0 Å². The van der Waals surface area contributed by atoms with E-state index in [1.807, 2.05) is 12.1 Å². The maximum atomic E-state index is 13.9. The molecule has 0 radical (unpaired) electrons. The number of aryl methyl sites for hydroxylation is 4. The van der Waals surface area contributed by atoms with Crippen LogP contribution in [0.4, 0.5) is 21.5 Å². The summed E-state index contributed by atoms with van der Waals surface area (Å²) in [6, 6.07) is 58.8. The summed E-state index contributed by atoms with van der Waals surface area (Å²) < 4.78 is 13.9. The Morgan fingerprint density at radius 2 is 0.596 bits per heavy atom. The highest BCUT2D eigenvalue weighted by molar-refractivity contribution is 5.93. The second-order valence-electron chi connectivity index (χ2n) is 13.6. The van der Waals surface area contributed by atoms with Crippen LogP contribution < -0.4 is 4.90 Å². The molecule has 7 aromatic rings. The van der Waals surface area contributed by atoms with E-state index in [1.54, 1.807) is 0 Å². The lowest BCUT2D eigenvalue weighted by atomic mass is 9.94. The molecule has 0 amide bonds. The minimum atomic E-state index is -0.241. The Hall–Kier alpha value is -6.25. The van der Waals surface area contributed by atoms with Crippen LogP contribution in [0.1, 0.15) is 55.6 Å². The van der Waals surface area contributed by atoms with Gasteiger partial charge in [0.2, 0.25) is 0 Å². The van der Waals surface area contributed by atoms with Crippen LogP contribution in [0.5, 0.6) is 0 Å². The first-order valence-electron chi connectivity index (χ1n) is 17.8. The molecule has 0 atom stereocenters. The van der Waals surface area contributed by atoms with Gasteiger partial charge < -0.3 is 4.90 Å². The standard InChI is InChI=1S/C50H42FN/c1-35-5-17-41(18-6-35)49(42-19-7-36(2)8-20-42)33-39-13-29-47(30-14-39)52(46-27-11-38(4)12-28-46)48-31-15-40(16-32-48)34-50(43-21-9-37(3)10-22-43)44-23-25-45(51)26-24-44/h5-34H,1-4H3. The lowest BCUT2D eigenvalue weighted by molar-refractivity contribution is 0.627. The first kappa shape index (κ1) is 34.2. The summed E-state index contributed by atoms with van der Waals surface area (Å²) in [5.41, 5.74) is 17.0. The molecule has 0 aromatic heterocycles. The van der Waals surface area contributed by atoms with Gasteiger partial charge in [-0.3, -0.25) is 0 Å². The van der Waals surface area contributed by atoms with Gasteiger partial charge in [-0.25, -0.2) is 4.39 Å². The van der Waals surface area contributed by atoms with Crippen molar-refractivity contribution in [3.8, 4) is 0 Å². The summed E-state index contributed by atoms with van der Waals surface area (Å²) in [5, 5.41) is 0. The maximum Gasteiger partial charge on any atom is 0.123 e. The molecule has 0 saturated carbocycles. The van der Waals surface area contributed by atoms with Gasteiger partial charge in [-0.2, -0.15) is 0 Å². The van der Waals surface area contributed by atoms with Gasteiger partial charge in [-0.15, -0.1) is 0 Å². The third kappa shape index (κ3) is 8.04. The molecule has 0 aliphatic heterocycles. The molecule has 7 aromatic carbocycles. The average Bonchev–Trinajstić information content (AvgIpc) is 3.17. The van der Waals surface area contributed by atoms with Crippen LogP contribution in [0, 0.1) is 33.5 Å². The monoisotopic (exact) mass is 675 g/mol. The summed E-state index contributed by atoms with van der Waals surface area (Å²) >= 11 is 0. The summed E-state index contributed by atoms with van der Waals surface area (Å²) in [4.78, 5) is 2.29. The number of anilines is 3. The van der Waals surface area contributed by atoms with Crippen molar-refractivity contribution < 1.29 is 4.39 Å². The molecule has 254 valence electrons. The smallest absolute Gasteiger partial charge is 0.123 e. The number of halogens is 1. The molecule has 0 N–H and O–H groups in total. The van der Waals surface area contributed by atoms with E-state index >= 15 is 0 Å². The molecule has 0 unspecified atom stereocenters. The maximum absolute atomic E-state index is 13.9. The van der Waals surface area contributed by atoms with E-state index in [0.29, 0.717) is 0 Å². The highest BCUT2D eigenvalue weighted by Gasteiger charge is 2.14. The summed E-state index contributed by atoms with van der Waals surface area (Å²) in [7, 11) is 0. The van der Waals surface area contributed by atoms with Crippen molar-refractivity contribution in [1.29, 1.82) is 0 Å². The molecule has 2 heteroatoms. The van der Waals surface area contributed by atoms with Crippen LogP contribution in [0.15, 0.2) is 170 Å². The molecule has 0 heterocycles. The van der Waals surface area contributed by atoms with Crippen LogP contribution in [0.3, 0.4) is 0 Å². The third-order valence-electron chi connectivity index (χ3n) is 9.46. The molecule has 0 saturated heterocycles. The summed E-state index contributed by atoms with van der Waals surface area (Å²) in [6.45, 7) is 8.45. The fourth-order valence-corrected chi connectivity index (χ4v) is 6.41. The second-order valence-corrected chi connectivity index (χ2v) is 13.6. The Morgan fingerprint density at radius 3 is 0.904 bits per heavy atom. The van der Waals surface area contributed by atoms with Crippen molar-refractivity contribution >= 4 is 40.4 Å². The molecule has 1 nitrogen and oxygen atoms in total. The highest BCUT2D eigenvalue weighted by atomic mass is 19.1. The quantitative estimate of drug-likeness (QED) is 0.138. The van der Waals surface area contributed by atoms with Crippen molar-refractivity contribution in [2.45, 2.75) is 27.7 Å². The first-order chi connectivity index (χ1) is 25.3. The van der Waals surface area contributed by atoms with Crippen LogP contribution >= 0.6 is 0 Å². The molecule has 52 heavy (non-hydrogen) atoms. The predicted molar refractivity (Wildman–Crippen MR) is 220 cm³/mol. The number of hydrogen-bond acceptors (Lipinski definition) is 1. The van der Waals surface area contributed by atoms with E-state index in [0.717, 1.165) is 44.9 Å². The van der Waals surface area contributed by atoms with Gasteiger partial charge in [0, 0.05) is 17.1 Å². The average molecular weight is 676 g/mol. The Morgan fingerprint density at radius 1 is 0.346 bits per heavy atom. The third-order valence-corrected chi connectivity index (χ3v) is 9.46. The van der Waals surface area contributed by atoms with Crippen LogP contribution in [0.25, 0.3) is 23.3 Å². The zero-order valence-electron chi connectivity index (χ0n) is 30.1. The van der Waals surface area contributed by atoms with Gasteiger partial charge in [0.15, 0.2) is 0 Å². The topological polar surface area (TPSA) is 3.24 Å². The largest absolute Gasteiger partial charge is 0.311 e. The molecular formula is C50H42FN. The van der Waals surface area contributed by atoms with Gasteiger partial charge in [0.25, 0.3) is 0 Å². The fraction of sp³-hybridized carbons (Fsp3) is 0.0800. The fourth-order valence-electron chi connectivity index (χ4n) is 6.41. The van der Waals surface area contributed by atoms with Gasteiger partial charge in [-0.1, -0.05) is 144 Å². The zero-order valence-corrected chi connectivity index (χ0v) is 30.1. The molecule has 0 fully saturated rings. The molecule has 0 aliphatic carbocycles. The van der Waals surface area contributed by atoms with E-state index in [2.05, 4.69) is 190 Å². The Bertz CT molecular complexity index is 2070. The van der Waals surface area contributed by atoms with E-state index in [1.165, 1.54) is 51.1 Å². The number of nitrogens with zero attached hydrogens (tertiary/aromatic N) is 1. The Kier molecular flexibility index (Phi) is 10.1. The van der Waals surface area contributed by atoms with Crippen molar-refractivity contribution in [3.63, 3.8) is 0 Å². The second kappa shape index (κ2) is 15.3. The van der Waals surface area contributed by atoms with Crippen LogP contribution in [0.2, 0.25) is 0 Å². The number of hydrogen-bond donors (Lipinski definition) is 0. The lowest BCUT2D eigenvalue weighted by Gasteiger charge is -2.26. The van der Waals surface area contributed by atoms with Gasteiger partial charge >= 0.3 is 0 Å². The minimum absolute atomic E-state index is 0.241. The summed E-state index contributed by atoms with van der Waals surface area (Å²) in [5.74, 6) is -0.241. The molecule has 0 bridgehead atoms. The number of benzene rings is 7. The van der Waals surface area contributed by atoms with Crippen molar-refractivity contribution in [1.82, 2.24) is 0 Å². The first-order valence-corrected chi connectivity index (χ1v) is 17.8. The predicted octanol–water partition coefficient (Wildman–Crippen LogP) is 13.7. The van der Waals surface area contributed by atoms with E-state index in [4.69, 9.17) is 0 Å². The Labute approximate surface area is 307 Å². The normalized spacial score (nSPS) is 11.3.